The van der Waals surface area contributed by atoms with E-state index in [-0.39, 0.29) is 10.9 Å². The lowest BCUT2D eigenvalue weighted by atomic mass is 10.4. The molecule has 5 nitrogen and oxygen atoms in total. The van der Waals surface area contributed by atoms with E-state index >= 15 is 0 Å². The molecule has 0 aliphatic carbocycles. The average molecular weight is 225 g/mol. The molecule has 13 heavy (non-hydrogen) atoms. The molecule has 0 saturated heterocycles. The Morgan fingerprint density at radius 3 is 2.31 bits per heavy atom. The van der Waals surface area contributed by atoms with Crippen LogP contribution in [0.4, 0.5) is 0 Å². The molecule has 0 heterocycles. The van der Waals surface area contributed by atoms with E-state index in [1.165, 1.54) is 13.8 Å². The van der Waals surface area contributed by atoms with Gasteiger partial charge in [-0.05, 0) is 6.92 Å². The maximum Gasteiger partial charge on any atom is 0.265 e. The average Bonchev–Trinajstić information content (AvgIpc) is 1.81. The Hall–Kier alpha value is -0.530. The van der Waals surface area contributed by atoms with Gasteiger partial charge in [0.25, 0.3) is 10.1 Å². The summed E-state index contributed by atoms with van der Waals surface area (Å²) in [6.45, 7) is 2.72. The lowest BCUT2D eigenvalue weighted by Crippen LogP contribution is -2.36. The van der Waals surface area contributed by atoms with Crippen LogP contribution in [0, 0.1) is 0 Å². The Bertz CT molecular complexity index is 309. The summed E-state index contributed by atoms with van der Waals surface area (Å²) in [4.78, 5) is 10.6. The summed E-state index contributed by atoms with van der Waals surface area (Å²) in [5.74, 6) is -0.353. The molecule has 0 aliphatic rings. The second kappa shape index (κ2) is 4.64. The van der Waals surface area contributed by atoms with Crippen molar-refractivity contribution in [2.45, 2.75) is 20.0 Å². The predicted octanol–water partition coefficient (Wildman–Crippen LogP) is -0.185. The Balaban J connectivity index is 4.20. The fourth-order valence-electron chi connectivity index (χ4n) is 0.581. The summed E-state index contributed by atoms with van der Waals surface area (Å²) in [7, 11) is -3.54. The SMILES string of the molecule is CC(=O)NC(=S)C(C)OS(C)(=O)=O. The Kier molecular flexibility index (Phi) is 4.45. The molecule has 0 fully saturated rings. The largest absolute Gasteiger partial charge is 0.319 e. The standard InChI is InChI=1S/C6H11NO4S2/c1-4(11-13(3,9)10)6(12)7-5(2)8/h4H,1-3H3,(H,7,8,12). The Morgan fingerprint density at radius 2 is 2.00 bits per heavy atom. The van der Waals surface area contributed by atoms with Crippen LogP contribution in [0.5, 0.6) is 0 Å². The second-order valence-electron chi connectivity index (χ2n) is 2.49. The molecule has 1 atom stereocenters. The number of hydrogen-bond acceptors (Lipinski definition) is 5. The van der Waals surface area contributed by atoms with Gasteiger partial charge in [-0.15, -0.1) is 0 Å². The molecule has 0 aromatic heterocycles. The van der Waals surface area contributed by atoms with Crippen LogP contribution in [0.3, 0.4) is 0 Å². The van der Waals surface area contributed by atoms with Gasteiger partial charge in [0.2, 0.25) is 5.91 Å². The van der Waals surface area contributed by atoms with Crippen LogP contribution in [-0.4, -0.2) is 31.7 Å². The number of carbonyl (C=O) groups is 1. The molecule has 0 rings (SSSR count). The number of amides is 1. The van der Waals surface area contributed by atoms with Crippen molar-refractivity contribution in [3.8, 4) is 0 Å². The summed E-state index contributed by atoms with van der Waals surface area (Å²) in [5, 5.41) is 2.27. The quantitative estimate of drug-likeness (QED) is 0.532. The third-order valence-corrected chi connectivity index (χ3v) is 2.06. The van der Waals surface area contributed by atoms with Gasteiger partial charge in [0.1, 0.15) is 11.1 Å². The number of rotatable bonds is 3. The highest BCUT2D eigenvalue weighted by Gasteiger charge is 2.15. The smallest absolute Gasteiger partial charge is 0.265 e. The summed E-state index contributed by atoms with van der Waals surface area (Å²) < 4.78 is 25.8. The molecule has 0 aromatic rings. The van der Waals surface area contributed by atoms with Crippen LogP contribution in [0.25, 0.3) is 0 Å². The van der Waals surface area contributed by atoms with Gasteiger partial charge in [0.05, 0.1) is 6.26 Å². The van der Waals surface area contributed by atoms with Crippen LogP contribution >= 0.6 is 12.2 Å². The van der Waals surface area contributed by atoms with E-state index in [0.717, 1.165) is 6.26 Å². The fourth-order valence-corrected chi connectivity index (χ4v) is 1.45. The van der Waals surface area contributed by atoms with Crippen LogP contribution in [0.15, 0.2) is 0 Å². The van der Waals surface area contributed by atoms with Gasteiger partial charge in [-0.1, -0.05) is 12.2 Å². The summed E-state index contributed by atoms with van der Waals surface area (Å²) in [6, 6.07) is 0. The lowest BCUT2D eigenvalue weighted by molar-refractivity contribution is -0.117. The summed E-state index contributed by atoms with van der Waals surface area (Å²) >= 11 is 4.70. The lowest BCUT2D eigenvalue weighted by Gasteiger charge is -2.11. The van der Waals surface area contributed by atoms with Crippen molar-refractivity contribution in [1.82, 2.24) is 5.32 Å². The van der Waals surface area contributed by atoms with Crippen molar-refractivity contribution in [2.24, 2.45) is 0 Å². The van der Waals surface area contributed by atoms with Crippen molar-refractivity contribution in [1.29, 1.82) is 0 Å². The minimum Gasteiger partial charge on any atom is -0.319 e. The monoisotopic (exact) mass is 225 g/mol. The van der Waals surface area contributed by atoms with Gasteiger partial charge in [0, 0.05) is 6.92 Å². The molecule has 0 saturated carbocycles. The molecule has 1 unspecified atom stereocenters. The first-order valence-corrected chi connectivity index (χ1v) is 5.64. The first-order chi connectivity index (χ1) is 5.72. The zero-order valence-corrected chi connectivity index (χ0v) is 9.16. The van der Waals surface area contributed by atoms with Crippen molar-refractivity contribution in [3.63, 3.8) is 0 Å². The van der Waals surface area contributed by atoms with Gasteiger partial charge in [0.15, 0.2) is 0 Å². The highest BCUT2D eigenvalue weighted by molar-refractivity contribution is 7.86. The van der Waals surface area contributed by atoms with E-state index in [9.17, 15) is 13.2 Å². The highest BCUT2D eigenvalue weighted by Crippen LogP contribution is 1.98. The molecule has 0 radical (unpaired) electrons. The molecule has 76 valence electrons. The maximum atomic E-state index is 10.6. The predicted molar refractivity (Wildman–Crippen MR) is 51.8 cm³/mol. The van der Waals surface area contributed by atoms with E-state index in [4.69, 9.17) is 12.2 Å². The molecule has 0 aliphatic heterocycles. The molecule has 0 aromatic carbocycles. The fraction of sp³-hybridized carbons (Fsp3) is 0.667. The van der Waals surface area contributed by atoms with E-state index < -0.39 is 16.2 Å². The number of thiocarbonyl (C=S) groups is 1. The number of carbonyl (C=O) groups excluding carboxylic acids is 1. The van der Waals surface area contributed by atoms with Crippen molar-refractivity contribution in [2.75, 3.05) is 6.26 Å². The van der Waals surface area contributed by atoms with E-state index in [0.29, 0.717) is 0 Å². The molecule has 7 heteroatoms. The van der Waals surface area contributed by atoms with Gasteiger partial charge in [-0.3, -0.25) is 8.98 Å². The number of nitrogens with one attached hydrogen (secondary N) is 1. The highest BCUT2D eigenvalue weighted by atomic mass is 32.2. The van der Waals surface area contributed by atoms with Crippen LogP contribution in [0.1, 0.15) is 13.8 Å². The summed E-state index contributed by atoms with van der Waals surface area (Å²) in [6.07, 6.45) is 0.0915. The number of hydrogen-bond donors (Lipinski definition) is 1. The molecular formula is C6H11NO4S2. The molecule has 0 spiro atoms. The van der Waals surface area contributed by atoms with E-state index in [2.05, 4.69) is 9.50 Å². The van der Waals surface area contributed by atoms with Gasteiger partial charge >= 0.3 is 0 Å². The van der Waals surface area contributed by atoms with Gasteiger partial charge < -0.3 is 5.32 Å². The first-order valence-electron chi connectivity index (χ1n) is 3.42. The zero-order chi connectivity index (χ0) is 10.6. The van der Waals surface area contributed by atoms with Crippen LogP contribution in [-0.2, 0) is 19.1 Å². The third kappa shape index (κ3) is 6.62. The third-order valence-electron chi connectivity index (χ3n) is 0.988. The van der Waals surface area contributed by atoms with E-state index in [1.807, 2.05) is 0 Å². The van der Waals surface area contributed by atoms with Gasteiger partial charge in [-0.2, -0.15) is 8.42 Å². The second-order valence-corrected chi connectivity index (χ2v) is 4.53. The Morgan fingerprint density at radius 1 is 1.54 bits per heavy atom. The van der Waals surface area contributed by atoms with Gasteiger partial charge in [-0.25, -0.2) is 0 Å². The minimum atomic E-state index is -3.54. The van der Waals surface area contributed by atoms with Crippen molar-refractivity contribution < 1.29 is 17.4 Å². The molecule has 1 N–H and O–H groups in total. The first kappa shape index (κ1) is 12.5. The normalized spacial score (nSPS) is 13.5. The Labute approximate surface area is 82.6 Å². The molecule has 0 bridgehead atoms. The van der Waals surface area contributed by atoms with Crippen molar-refractivity contribution >= 4 is 33.2 Å². The van der Waals surface area contributed by atoms with Crippen molar-refractivity contribution in [3.05, 3.63) is 0 Å². The molecule has 1 amide bonds. The van der Waals surface area contributed by atoms with Crippen LogP contribution < -0.4 is 5.32 Å². The maximum absolute atomic E-state index is 10.6. The summed E-state index contributed by atoms with van der Waals surface area (Å²) in [5.41, 5.74) is 0. The molecular weight excluding hydrogens is 214 g/mol. The van der Waals surface area contributed by atoms with E-state index in [1.54, 1.807) is 0 Å². The zero-order valence-electron chi connectivity index (χ0n) is 7.53. The minimum absolute atomic E-state index is 0.0536. The topological polar surface area (TPSA) is 72.5 Å². The van der Waals surface area contributed by atoms with Crippen LogP contribution in [0.2, 0.25) is 0 Å².